The average Bonchev–Trinajstić information content (AvgIpc) is 3.69. The van der Waals surface area contributed by atoms with Gasteiger partial charge in [0.05, 0.1) is 21.9 Å². The fourth-order valence-electron chi connectivity index (χ4n) is 5.62. The molecule has 9 nitrogen and oxygen atoms in total. The van der Waals surface area contributed by atoms with Gasteiger partial charge in [0.15, 0.2) is 11.2 Å². The maximum Gasteiger partial charge on any atom is 0.296 e. The first-order valence-electron chi connectivity index (χ1n) is 12.7. The summed E-state index contributed by atoms with van der Waals surface area (Å²) in [7, 11) is -3.63. The minimum absolute atomic E-state index is 0.0664. The Labute approximate surface area is 223 Å². The summed E-state index contributed by atoms with van der Waals surface area (Å²) < 4.78 is 39.1. The van der Waals surface area contributed by atoms with Gasteiger partial charge in [0, 0.05) is 24.5 Å². The van der Waals surface area contributed by atoms with Crippen molar-refractivity contribution in [2.75, 3.05) is 18.0 Å². The van der Waals surface area contributed by atoms with Crippen molar-refractivity contribution in [1.82, 2.24) is 9.46 Å². The van der Waals surface area contributed by atoms with Crippen LogP contribution >= 0.6 is 0 Å². The number of amides is 1. The highest BCUT2D eigenvalue weighted by Crippen LogP contribution is 2.42. The van der Waals surface area contributed by atoms with E-state index in [4.69, 9.17) is 8.94 Å². The zero-order valence-electron chi connectivity index (χ0n) is 21.0. The highest BCUT2D eigenvalue weighted by atomic mass is 32.2. The molecular weight excluding hydrogens is 518 g/mol. The Bertz CT molecular complexity index is 1950. The molecule has 0 aliphatic carbocycles. The van der Waals surface area contributed by atoms with Crippen LogP contribution in [0, 0.1) is 6.92 Å². The lowest BCUT2D eigenvalue weighted by atomic mass is 9.97. The van der Waals surface area contributed by atoms with Gasteiger partial charge in [-0.3, -0.25) is 14.5 Å². The fourth-order valence-corrected chi connectivity index (χ4v) is 7.14. The number of carbonyl (C=O) groups is 1. The van der Waals surface area contributed by atoms with Crippen LogP contribution in [0.15, 0.2) is 85.4 Å². The summed E-state index contributed by atoms with van der Waals surface area (Å²) in [6.45, 7) is 2.70. The van der Waals surface area contributed by atoms with Crippen molar-refractivity contribution in [2.45, 2.75) is 30.7 Å². The van der Waals surface area contributed by atoms with Crippen LogP contribution in [0.2, 0.25) is 0 Å². The fraction of sp³-hybridized carbons (Fsp3) is 0.207. The number of anilines is 1. The second-order valence-electron chi connectivity index (χ2n) is 9.89. The summed E-state index contributed by atoms with van der Waals surface area (Å²) in [6, 6.07) is 18.1. The third kappa shape index (κ3) is 3.55. The second kappa shape index (κ2) is 8.62. The first-order valence-corrected chi connectivity index (χ1v) is 14.1. The zero-order valence-corrected chi connectivity index (χ0v) is 21.8. The third-order valence-corrected chi connectivity index (χ3v) is 9.44. The molecule has 1 saturated heterocycles. The molecular formula is C29H23N3O6S. The van der Waals surface area contributed by atoms with Crippen LogP contribution in [0.3, 0.4) is 0 Å². The lowest BCUT2D eigenvalue weighted by molar-refractivity contribution is 0.0969. The van der Waals surface area contributed by atoms with E-state index in [2.05, 4.69) is 5.16 Å². The van der Waals surface area contributed by atoms with E-state index < -0.39 is 22.0 Å². The number of hydrogen-bond donors (Lipinski definition) is 0. The van der Waals surface area contributed by atoms with Crippen LogP contribution in [0.1, 0.15) is 46.3 Å². The monoisotopic (exact) mass is 541 g/mol. The zero-order chi connectivity index (χ0) is 26.9. The van der Waals surface area contributed by atoms with Crippen LogP contribution < -0.4 is 10.3 Å². The lowest BCUT2D eigenvalue weighted by Crippen LogP contribution is -2.30. The smallest absolute Gasteiger partial charge is 0.296 e. The van der Waals surface area contributed by atoms with E-state index in [1.165, 1.54) is 21.3 Å². The van der Waals surface area contributed by atoms with Gasteiger partial charge in [0.25, 0.3) is 5.91 Å². The van der Waals surface area contributed by atoms with Crippen molar-refractivity contribution in [3.05, 3.63) is 99.6 Å². The Morgan fingerprint density at radius 1 is 0.923 bits per heavy atom. The van der Waals surface area contributed by atoms with E-state index >= 15 is 0 Å². The number of benzene rings is 3. The predicted molar refractivity (Wildman–Crippen MR) is 144 cm³/mol. The number of hydrogen-bond acceptors (Lipinski definition) is 7. The van der Waals surface area contributed by atoms with Crippen molar-refractivity contribution in [3.8, 4) is 0 Å². The predicted octanol–water partition coefficient (Wildman–Crippen LogP) is 4.78. The van der Waals surface area contributed by atoms with Gasteiger partial charge in [-0.2, -0.15) is 4.31 Å². The molecule has 1 fully saturated rings. The molecule has 39 heavy (non-hydrogen) atoms. The van der Waals surface area contributed by atoms with E-state index in [1.807, 2.05) is 30.3 Å². The molecule has 1 unspecified atom stereocenters. The van der Waals surface area contributed by atoms with Gasteiger partial charge in [-0.1, -0.05) is 47.6 Å². The molecule has 4 heterocycles. The average molecular weight is 542 g/mol. The maximum absolute atomic E-state index is 14.0. The van der Waals surface area contributed by atoms with Crippen LogP contribution in [0.4, 0.5) is 5.82 Å². The molecule has 1 amide bonds. The molecule has 3 aromatic carbocycles. The number of sulfonamides is 1. The Morgan fingerprint density at radius 3 is 2.38 bits per heavy atom. The van der Waals surface area contributed by atoms with Gasteiger partial charge in [0.2, 0.25) is 15.8 Å². The largest absolute Gasteiger partial charge is 0.450 e. The SMILES string of the molecule is Cc1cc(N2C(=O)c3oc4c(ccc5ccccc54)c(=O)c3C2c2ccc(S(=O)(=O)N3CCCC3)cc2)no1. The molecule has 0 radical (unpaired) electrons. The Balaban J connectivity index is 1.43. The highest BCUT2D eigenvalue weighted by molar-refractivity contribution is 7.89. The summed E-state index contributed by atoms with van der Waals surface area (Å²) in [5.41, 5.74) is 0.746. The van der Waals surface area contributed by atoms with Crippen LogP contribution in [0.5, 0.6) is 0 Å². The van der Waals surface area contributed by atoms with Gasteiger partial charge >= 0.3 is 0 Å². The van der Waals surface area contributed by atoms with Crippen molar-refractivity contribution in [1.29, 1.82) is 0 Å². The van der Waals surface area contributed by atoms with Crippen molar-refractivity contribution in [3.63, 3.8) is 0 Å². The molecule has 2 aromatic heterocycles. The Kier molecular flexibility index (Phi) is 5.26. The molecule has 1 atom stereocenters. The molecule has 10 heteroatoms. The van der Waals surface area contributed by atoms with Crippen LogP contribution in [0.25, 0.3) is 21.7 Å². The summed E-state index contributed by atoms with van der Waals surface area (Å²) >= 11 is 0. The molecule has 0 saturated carbocycles. The first-order chi connectivity index (χ1) is 18.8. The van der Waals surface area contributed by atoms with E-state index in [9.17, 15) is 18.0 Å². The molecule has 0 bridgehead atoms. The normalized spacial score (nSPS) is 17.9. The number of rotatable bonds is 4. The topological polar surface area (TPSA) is 114 Å². The number of nitrogens with zero attached hydrogens (tertiary/aromatic N) is 3. The first kappa shape index (κ1) is 23.8. The van der Waals surface area contributed by atoms with Gasteiger partial charge in [-0.25, -0.2) is 8.42 Å². The van der Waals surface area contributed by atoms with Crippen molar-refractivity contribution < 1.29 is 22.2 Å². The molecule has 2 aliphatic rings. The molecule has 0 N–H and O–H groups in total. The molecule has 5 aromatic rings. The molecule has 2 aliphatic heterocycles. The molecule has 0 spiro atoms. The third-order valence-electron chi connectivity index (χ3n) is 7.52. The van der Waals surface area contributed by atoms with Gasteiger partial charge in [-0.05, 0) is 48.9 Å². The standard InChI is InChI=1S/C29H23N3O6S/c1-17-16-23(30-38-17)32-25(19-8-11-20(12-9-19)39(35,36)31-14-4-5-15-31)24-26(33)22-13-10-18-6-2-3-7-21(18)27(22)37-28(24)29(32)34/h2-3,6-13,16,25H,4-5,14-15H2,1H3. The minimum Gasteiger partial charge on any atom is -0.450 e. The van der Waals surface area contributed by atoms with Crippen molar-refractivity contribution >= 4 is 43.5 Å². The Morgan fingerprint density at radius 2 is 1.67 bits per heavy atom. The van der Waals surface area contributed by atoms with E-state index in [-0.39, 0.29) is 27.5 Å². The molecule has 196 valence electrons. The van der Waals surface area contributed by atoms with Gasteiger partial charge in [0.1, 0.15) is 11.3 Å². The second-order valence-corrected chi connectivity index (χ2v) is 11.8. The Hall–Kier alpha value is -4.28. The van der Waals surface area contributed by atoms with Crippen molar-refractivity contribution in [2.24, 2.45) is 0 Å². The number of aryl methyl sites for hydroxylation is 1. The van der Waals surface area contributed by atoms with E-state index in [0.29, 0.717) is 35.4 Å². The summed E-state index contributed by atoms with van der Waals surface area (Å²) in [6.07, 6.45) is 1.67. The maximum atomic E-state index is 14.0. The van der Waals surface area contributed by atoms with E-state index in [0.717, 1.165) is 23.6 Å². The summed E-state index contributed by atoms with van der Waals surface area (Å²) in [4.78, 5) is 29.4. The van der Waals surface area contributed by atoms with Crippen LogP contribution in [-0.2, 0) is 10.0 Å². The summed E-state index contributed by atoms with van der Waals surface area (Å²) in [5.74, 6) is 0.137. The summed E-state index contributed by atoms with van der Waals surface area (Å²) in [5, 5.41) is 6.02. The number of carbonyl (C=O) groups excluding carboxylic acids is 1. The molecule has 7 rings (SSSR count). The number of fused-ring (bicyclic) bond motifs is 4. The quantitative estimate of drug-likeness (QED) is 0.301. The van der Waals surface area contributed by atoms with Gasteiger partial charge in [-0.15, -0.1) is 0 Å². The highest BCUT2D eigenvalue weighted by Gasteiger charge is 2.45. The van der Waals surface area contributed by atoms with E-state index in [1.54, 1.807) is 31.2 Å². The minimum atomic E-state index is -3.63. The number of aromatic nitrogens is 1. The van der Waals surface area contributed by atoms with Gasteiger partial charge < -0.3 is 8.94 Å². The lowest BCUT2D eigenvalue weighted by Gasteiger charge is -2.23. The van der Waals surface area contributed by atoms with Crippen LogP contribution in [-0.4, -0.2) is 36.9 Å².